The predicted octanol–water partition coefficient (Wildman–Crippen LogP) is 2.59. The molecule has 2 amide bonds. The lowest BCUT2D eigenvalue weighted by molar-refractivity contribution is -0.116. The van der Waals surface area contributed by atoms with Gasteiger partial charge in [0.15, 0.2) is 0 Å². The Bertz CT molecular complexity index is 727. The number of likely N-dealkylation sites (N-methyl/N-ethyl adjacent to an activating group) is 1. The van der Waals surface area contributed by atoms with Crippen molar-refractivity contribution >= 4 is 67.3 Å². The van der Waals surface area contributed by atoms with E-state index >= 15 is 0 Å². The number of thioether (sulfide) groups is 1. The third-order valence-corrected chi connectivity index (χ3v) is 4.92. The van der Waals surface area contributed by atoms with Crippen molar-refractivity contribution in [3.63, 3.8) is 0 Å². The predicted molar refractivity (Wildman–Crippen MR) is 87.5 cm³/mol. The molecule has 2 aliphatic rings. The Morgan fingerprint density at radius 3 is 2.65 bits per heavy atom. The lowest BCUT2D eigenvalue weighted by Crippen LogP contribution is -2.23. The van der Waals surface area contributed by atoms with Crippen molar-refractivity contribution in [1.29, 1.82) is 0 Å². The van der Waals surface area contributed by atoms with Crippen LogP contribution in [0.4, 0.5) is 5.69 Å². The lowest BCUT2D eigenvalue weighted by Gasteiger charge is -2.12. The summed E-state index contributed by atoms with van der Waals surface area (Å²) in [7, 11) is 1.71. The van der Waals surface area contributed by atoms with Crippen molar-refractivity contribution in [2.24, 2.45) is 0 Å². The van der Waals surface area contributed by atoms with Gasteiger partial charge in [-0.15, -0.1) is 0 Å². The summed E-state index contributed by atoms with van der Waals surface area (Å²) >= 11 is 9.56. The molecule has 0 spiro atoms. The van der Waals surface area contributed by atoms with Gasteiger partial charge in [0.1, 0.15) is 4.32 Å². The summed E-state index contributed by atoms with van der Waals surface area (Å²) in [5, 5.41) is 2.55. The normalized spacial score (nSPS) is 21.6. The van der Waals surface area contributed by atoms with Crippen LogP contribution in [-0.2, 0) is 9.59 Å². The number of aryl methyl sites for hydroxylation is 1. The summed E-state index contributed by atoms with van der Waals surface area (Å²) in [6.45, 7) is 1.94. The van der Waals surface area contributed by atoms with Gasteiger partial charge in [0.2, 0.25) is 0 Å². The number of carbonyl (C=O) groups excluding carboxylic acids is 2. The molecule has 20 heavy (non-hydrogen) atoms. The Morgan fingerprint density at radius 1 is 1.35 bits per heavy atom. The number of hydrogen-bond donors (Lipinski definition) is 1. The molecule has 0 saturated carbocycles. The molecule has 1 saturated heterocycles. The number of halogens is 1. The zero-order valence-electron chi connectivity index (χ0n) is 10.6. The van der Waals surface area contributed by atoms with E-state index in [0.717, 1.165) is 33.0 Å². The fourth-order valence-corrected chi connectivity index (χ4v) is 4.14. The summed E-state index contributed by atoms with van der Waals surface area (Å²) < 4.78 is 1.26. The third kappa shape index (κ3) is 1.92. The van der Waals surface area contributed by atoms with Gasteiger partial charge >= 0.3 is 0 Å². The number of rotatable bonds is 0. The molecule has 1 aromatic rings. The lowest BCUT2D eigenvalue weighted by atomic mass is 10.0. The second-order valence-corrected chi connectivity index (χ2v) is 7.13. The van der Waals surface area contributed by atoms with Gasteiger partial charge in [0.25, 0.3) is 11.8 Å². The maximum Gasteiger partial charge on any atom is 0.264 e. The van der Waals surface area contributed by atoms with Crippen molar-refractivity contribution in [3.8, 4) is 0 Å². The Labute approximate surface area is 133 Å². The fraction of sp³-hybridized carbons (Fsp3) is 0.154. The standard InChI is InChI=1S/C13H9BrN2O2S2/c1-5-3-6(14)4-7-8(12(18)16(2)9(5)7)10-11(17)15-13(19)20-10/h3-4H,1-2H3,(H,15,17,19)/b10-8+. The Morgan fingerprint density at radius 2 is 2.05 bits per heavy atom. The van der Waals surface area contributed by atoms with E-state index in [0.29, 0.717) is 14.8 Å². The second kappa shape index (κ2) is 4.68. The molecule has 0 aliphatic carbocycles. The third-order valence-electron chi connectivity index (χ3n) is 3.23. The van der Waals surface area contributed by atoms with Crippen LogP contribution < -0.4 is 10.2 Å². The highest BCUT2D eigenvalue weighted by Gasteiger charge is 2.38. The van der Waals surface area contributed by atoms with Crippen LogP contribution in [0.1, 0.15) is 11.1 Å². The first-order valence-electron chi connectivity index (χ1n) is 5.76. The molecule has 4 nitrogen and oxygen atoms in total. The minimum absolute atomic E-state index is 0.177. The maximum absolute atomic E-state index is 12.5. The van der Waals surface area contributed by atoms with Crippen LogP contribution in [0.5, 0.6) is 0 Å². The van der Waals surface area contributed by atoms with Gasteiger partial charge in [0.05, 0.1) is 16.2 Å². The van der Waals surface area contributed by atoms with Gasteiger partial charge in [0, 0.05) is 17.1 Å². The number of thiocarbonyl (C=S) groups is 1. The molecule has 0 aromatic heterocycles. The summed E-state index contributed by atoms with van der Waals surface area (Å²) in [4.78, 5) is 26.4. The van der Waals surface area contributed by atoms with E-state index in [9.17, 15) is 9.59 Å². The van der Waals surface area contributed by atoms with Crippen LogP contribution in [0.15, 0.2) is 21.5 Å². The highest BCUT2D eigenvalue weighted by atomic mass is 79.9. The highest BCUT2D eigenvalue weighted by molar-refractivity contribution is 9.10. The molecule has 7 heteroatoms. The molecule has 0 atom stereocenters. The number of hydrogen-bond acceptors (Lipinski definition) is 4. The Kier molecular flexibility index (Phi) is 3.23. The zero-order valence-corrected chi connectivity index (χ0v) is 13.8. The van der Waals surface area contributed by atoms with Gasteiger partial charge in [-0.1, -0.05) is 39.9 Å². The molecule has 3 rings (SSSR count). The van der Waals surface area contributed by atoms with Gasteiger partial charge in [-0.3, -0.25) is 9.59 Å². The van der Waals surface area contributed by atoms with Gasteiger partial charge in [-0.25, -0.2) is 0 Å². The molecule has 0 bridgehead atoms. The molecule has 1 aromatic carbocycles. The molecule has 1 fully saturated rings. The molecular formula is C13H9BrN2O2S2. The smallest absolute Gasteiger partial charge is 0.264 e. The van der Waals surface area contributed by atoms with Crippen molar-refractivity contribution in [3.05, 3.63) is 32.6 Å². The average Bonchev–Trinajstić information content (AvgIpc) is 2.78. The minimum atomic E-state index is -0.303. The quantitative estimate of drug-likeness (QED) is 0.564. The van der Waals surface area contributed by atoms with Crippen LogP contribution in [0, 0.1) is 6.92 Å². The maximum atomic E-state index is 12.5. The Hall–Kier alpha value is -1.18. The largest absolute Gasteiger partial charge is 0.310 e. The number of nitrogens with zero attached hydrogens (tertiary/aromatic N) is 1. The number of anilines is 1. The van der Waals surface area contributed by atoms with E-state index in [2.05, 4.69) is 21.2 Å². The highest BCUT2D eigenvalue weighted by Crippen LogP contribution is 2.44. The monoisotopic (exact) mass is 368 g/mol. The van der Waals surface area contributed by atoms with E-state index in [-0.39, 0.29) is 11.8 Å². The summed E-state index contributed by atoms with van der Waals surface area (Å²) in [5.74, 6) is -0.481. The van der Waals surface area contributed by atoms with Gasteiger partial charge in [-0.2, -0.15) is 0 Å². The van der Waals surface area contributed by atoms with Crippen LogP contribution in [-0.4, -0.2) is 23.2 Å². The van der Waals surface area contributed by atoms with E-state index in [1.807, 2.05) is 19.1 Å². The summed E-state index contributed by atoms with van der Waals surface area (Å²) in [5.41, 5.74) is 3.01. The van der Waals surface area contributed by atoms with E-state index in [4.69, 9.17) is 12.2 Å². The van der Waals surface area contributed by atoms with Crippen molar-refractivity contribution < 1.29 is 9.59 Å². The van der Waals surface area contributed by atoms with E-state index in [1.165, 1.54) is 0 Å². The Balaban J connectivity index is 2.31. The summed E-state index contributed by atoms with van der Waals surface area (Å²) in [6, 6.07) is 3.81. The van der Waals surface area contributed by atoms with Gasteiger partial charge < -0.3 is 10.2 Å². The van der Waals surface area contributed by atoms with Crippen molar-refractivity contribution in [1.82, 2.24) is 5.32 Å². The number of fused-ring (bicyclic) bond motifs is 1. The fourth-order valence-electron chi connectivity index (χ4n) is 2.45. The molecule has 0 radical (unpaired) electrons. The second-order valence-electron chi connectivity index (χ2n) is 4.53. The first kappa shape index (κ1) is 13.8. The first-order chi connectivity index (χ1) is 9.40. The molecule has 2 aliphatic heterocycles. The number of nitrogens with one attached hydrogen (secondary N) is 1. The molecule has 0 unspecified atom stereocenters. The van der Waals surface area contributed by atoms with Crippen LogP contribution in [0.25, 0.3) is 5.57 Å². The van der Waals surface area contributed by atoms with Crippen LogP contribution >= 0.6 is 39.9 Å². The van der Waals surface area contributed by atoms with E-state index < -0.39 is 0 Å². The topological polar surface area (TPSA) is 49.4 Å². The average molecular weight is 369 g/mol. The molecule has 102 valence electrons. The first-order valence-corrected chi connectivity index (χ1v) is 7.78. The molecule has 1 N–H and O–H groups in total. The number of carbonyl (C=O) groups is 2. The SMILES string of the molecule is Cc1cc(Br)cc2c1N(C)C(=O)/C2=C1/SC(=S)NC1=O. The van der Waals surface area contributed by atoms with Gasteiger partial charge in [-0.05, 0) is 24.6 Å². The van der Waals surface area contributed by atoms with E-state index in [1.54, 1.807) is 11.9 Å². The zero-order chi connectivity index (χ0) is 14.6. The number of benzene rings is 1. The minimum Gasteiger partial charge on any atom is -0.310 e. The van der Waals surface area contributed by atoms with Crippen LogP contribution in [0.3, 0.4) is 0 Å². The van der Waals surface area contributed by atoms with Crippen molar-refractivity contribution in [2.45, 2.75) is 6.92 Å². The summed E-state index contributed by atoms with van der Waals surface area (Å²) in [6.07, 6.45) is 0. The van der Waals surface area contributed by atoms with Crippen molar-refractivity contribution in [2.75, 3.05) is 11.9 Å². The number of amides is 2. The molecular weight excluding hydrogens is 360 g/mol. The molecule has 2 heterocycles. The van der Waals surface area contributed by atoms with Crippen LogP contribution in [0.2, 0.25) is 0 Å².